The van der Waals surface area contributed by atoms with Crippen LogP contribution in [-0.2, 0) is 16.0 Å². The zero-order valence-corrected chi connectivity index (χ0v) is 17.5. The lowest BCUT2D eigenvalue weighted by Gasteiger charge is -2.13. The van der Waals surface area contributed by atoms with Gasteiger partial charge in [0.2, 0.25) is 0 Å². The first kappa shape index (κ1) is 21.1. The average Bonchev–Trinajstić information content (AvgIpc) is 3.20. The molecular weight excluding hydrogens is 402 g/mol. The molecule has 0 amide bonds. The summed E-state index contributed by atoms with van der Waals surface area (Å²) in [7, 11) is 3.21. The second-order valence-electron chi connectivity index (χ2n) is 6.25. The zero-order chi connectivity index (χ0) is 21.3. The predicted molar refractivity (Wildman–Crippen MR) is 119 cm³/mol. The summed E-state index contributed by atoms with van der Waals surface area (Å²) in [6.45, 7) is 0.288. The maximum Gasteiger partial charge on any atom is 0.330 e. The Morgan fingerprint density at radius 2 is 2.17 bits per heavy atom. The van der Waals surface area contributed by atoms with Crippen molar-refractivity contribution in [1.82, 2.24) is 14.8 Å². The van der Waals surface area contributed by atoms with Crippen LogP contribution in [0.15, 0.2) is 60.9 Å². The number of allylic oxidation sites excluding steroid dienone is 1. The van der Waals surface area contributed by atoms with Gasteiger partial charge in [-0.15, -0.1) is 0 Å². The fourth-order valence-corrected chi connectivity index (χ4v) is 3.03. The van der Waals surface area contributed by atoms with Crippen LogP contribution in [0.4, 0.5) is 11.4 Å². The molecule has 0 radical (unpaired) electrons. The topological polar surface area (TPSA) is 93.2 Å². The van der Waals surface area contributed by atoms with Gasteiger partial charge in [0.05, 0.1) is 12.8 Å². The van der Waals surface area contributed by atoms with Gasteiger partial charge in [0.15, 0.2) is 11.5 Å². The highest BCUT2D eigenvalue weighted by molar-refractivity contribution is 7.71. The van der Waals surface area contributed by atoms with Crippen LogP contribution in [0.1, 0.15) is 5.56 Å². The predicted octanol–water partition coefficient (Wildman–Crippen LogP) is 3.69. The Bertz CT molecular complexity index is 1090. The van der Waals surface area contributed by atoms with Crippen molar-refractivity contribution in [1.29, 1.82) is 0 Å². The monoisotopic (exact) mass is 425 g/mol. The molecule has 0 atom stereocenters. The van der Waals surface area contributed by atoms with Gasteiger partial charge in [-0.2, -0.15) is 5.10 Å². The van der Waals surface area contributed by atoms with Gasteiger partial charge >= 0.3 is 5.97 Å². The molecule has 9 heteroatoms. The van der Waals surface area contributed by atoms with Crippen LogP contribution in [-0.4, -0.2) is 41.6 Å². The van der Waals surface area contributed by atoms with E-state index in [9.17, 15) is 4.79 Å². The van der Waals surface area contributed by atoms with E-state index < -0.39 is 0 Å². The first-order valence-corrected chi connectivity index (χ1v) is 9.66. The van der Waals surface area contributed by atoms with Gasteiger partial charge in [-0.3, -0.25) is 9.67 Å². The number of H-pyrrole nitrogens is 1. The number of hydrogen-bond acceptors (Lipinski definition) is 7. The molecular formula is C21H23N5O3S. The number of hydrogen-bond donors (Lipinski definition) is 3. The number of aromatic amines is 1. The van der Waals surface area contributed by atoms with Crippen molar-refractivity contribution in [2.45, 2.75) is 6.42 Å². The Morgan fingerprint density at radius 3 is 2.90 bits per heavy atom. The van der Waals surface area contributed by atoms with Crippen LogP contribution >= 0.6 is 12.2 Å². The van der Waals surface area contributed by atoms with Crippen molar-refractivity contribution in [2.24, 2.45) is 0 Å². The molecule has 1 heterocycles. The number of aromatic nitrogens is 3. The van der Waals surface area contributed by atoms with Crippen LogP contribution < -0.4 is 15.4 Å². The van der Waals surface area contributed by atoms with Gasteiger partial charge in [-0.25, -0.2) is 4.79 Å². The maximum atomic E-state index is 11.2. The molecule has 0 fully saturated rings. The average molecular weight is 426 g/mol. The number of benzene rings is 2. The van der Waals surface area contributed by atoms with Crippen LogP contribution in [0, 0.1) is 4.77 Å². The number of esters is 1. The molecule has 0 aliphatic heterocycles. The molecule has 0 aliphatic rings. The third-order valence-electron chi connectivity index (χ3n) is 4.33. The molecule has 3 N–H and O–H groups in total. The van der Waals surface area contributed by atoms with Crippen molar-refractivity contribution < 1.29 is 14.3 Å². The molecule has 0 bridgehead atoms. The number of nitrogens with one attached hydrogen (secondary N) is 3. The second-order valence-corrected chi connectivity index (χ2v) is 6.63. The number of anilines is 2. The fourth-order valence-electron chi connectivity index (χ4n) is 2.82. The second kappa shape index (κ2) is 10.3. The summed E-state index contributed by atoms with van der Waals surface area (Å²) in [6.07, 6.45) is 5.38. The molecule has 1 aromatic heterocycles. The van der Waals surface area contributed by atoms with E-state index in [1.54, 1.807) is 17.0 Å². The third-order valence-corrected chi connectivity index (χ3v) is 4.62. The van der Waals surface area contributed by atoms with Gasteiger partial charge in [-0.05, 0) is 60.6 Å². The molecule has 156 valence electrons. The van der Waals surface area contributed by atoms with Crippen molar-refractivity contribution in [3.8, 4) is 11.4 Å². The lowest BCUT2D eigenvalue weighted by atomic mass is 10.1. The summed E-state index contributed by atoms with van der Waals surface area (Å²) in [5, 5.41) is 13.1. The molecule has 8 nitrogen and oxygen atoms in total. The normalized spacial score (nSPS) is 10.7. The first-order chi connectivity index (χ1) is 14.6. The van der Waals surface area contributed by atoms with Crippen LogP contribution in [0.5, 0.6) is 5.75 Å². The molecule has 0 saturated heterocycles. The highest BCUT2D eigenvalue weighted by Crippen LogP contribution is 2.23. The lowest BCUT2D eigenvalue weighted by Crippen LogP contribution is -2.09. The standard InChI is InChI=1S/C21H23N5O3S/c1-22-19-10-9-18(11-15(19)5-3-8-20(27)28-2)29-14-23-16-6-4-7-17(12-16)26-13-24-25-21(26)30/h3-4,6-13,22-23H,5,14H2,1-2H3,(H,25,30)/b8-3-. The summed E-state index contributed by atoms with van der Waals surface area (Å²) in [5.74, 6) is 0.341. The van der Waals surface area contributed by atoms with Crippen molar-refractivity contribution in [3.05, 3.63) is 71.3 Å². The first-order valence-electron chi connectivity index (χ1n) is 9.25. The smallest absolute Gasteiger partial charge is 0.330 e. The largest absolute Gasteiger partial charge is 0.473 e. The Morgan fingerprint density at radius 1 is 1.30 bits per heavy atom. The highest BCUT2D eigenvalue weighted by atomic mass is 32.1. The SMILES string of the molecule is CNc1ccc(OCNc2cccc(-n3cn[nH]c3=S)c2)cc1C/C=C\C(=O)OC. The third kappa shape index (κ3) is 5.48. The van der Waals surface area contributed by atoms with E-state index in [1.807, 2.05) is 49.5 Å². The molecule has 30 heavy (non-hydrogen) atoms. The minimum atomic E-state index is -0.378. The Labute approximate surface area is 179 Å². The summed E-state index contributed by atoms with van der Waals surface area (Å²) < 4.78 is 12.8. The van der Waals surface area contributed by atoms with Gasteiger partial charge in [0, 0.05) is 24.5 Å². The Balaban J connectivity index is 1.63. The van der Waals surface area contributed by atoms with E-state index in [0.29, 0.717) is 11.2 Å². The Kier molecular flexibility index (Phi) is 7.23. The zero-order valence-electron chi connectivity index (χ0n) is 16.7. The van der Waals surface area contributed by atoms with E-state index in [0.717, 1.165) is 28.4 Å². The summed E-state index contributed by atoms with van der Waals surface area (Å²) in [6, 6.07) is 13.6. The van der Waals surface area contributed by atoms with Crippen LogP contribution in [0.25, 0.3) is 5.69 Å². The number of carbonyl (C=O) groups excluding carboxylic acids is 1. The summed E-state index contributed by atoms with van der Waals surface area (Å²) in [4.78, 5) is 11.2. The van der Waals surface area contributed by atoms with E-state index in [1.165, 1.54) is 13.2 Å². The molecule has 3 aromatic rings. The molecule has 0 unspecified atom stereocenters. The summed E-state index contributed by atoms with van der Waals surface area (Å²) >= 11 is 5.21. The van der Waals surface area contributed by atoms with Gasteiger partial charge in [0.25, 0.3) is 0 Å². The quantitative estimate of drug-likeness (QED) is 0.208. The fraction of sp³-hybridized carbons (Fsp3) is 0.190. The number of carbonyl (C=O) groups is 1. The summed E-state index contributed by atoms with van der Waals surface area (Å²) in [5.41, 5.74) is 3.77. The molecule has 0 aliphatic carbocycles. The van der Waals surface area contributed by atoms with E-state index >= 15 is 0 Å². The van der Waals surface area contributed by atoms with Gasteiger partial charge in [-0.1, -0.05) is 12.1 Å². The molecule has 0 saturated carbocycles. The van der Waals surface area contributed by atoms with E-state index in [4.69, 9.17) is 17.0 Å². The van der Waals surface area contributed by atoms with Crippen LogP contribution in [0.2, 0.25) is 0 Å². The van der Waals surface area contributed by atoms with Crippen molar-refractivity contribution in [2.75, 3.05) is 31.5 Å². The highest BCUT2D eigenvalue weighted by Gasteiger charge is 2.04. The molecule has 3 rings (SSSR count). The number of methoxy groups -OCH3 is 1. The van der Waals surface area contributed by atoms with Gasteiger partial charge < -0.3 is 20.1 Å². The maximum absolute atomic E-state index is 11.2. The number of rotatable bonds is 9. The van der Waals surface area contributed by atoms with E-state index in [2.05, 4.69) is 25.6 Å². The van der Waals surface area contributed by atoms with E-state index in [-0.39, 0.29) is 12.7 Å². The Hall–Kier alpha value is -3.59. The van der Waals surface area contributed by atoms with Crippen molar-refractivity contribution >= 4 is 29.6 Å². The molecule has 0 spiro atoms. The number of ether oxygens (including phenoxy) is 2. The minimum Gasteiger partial charge on any atom is -0.473 e. The van der Waals surface area contributed by atoms with Crippen LogP contribution in [0.3, 0.4) is 0 Å². The molecule has 2 aromatic carbocycles. The lowest BCUT2D eigenvalue weighted by molar-refractivity contribution is -0.134. The van der Waals surface area contributed by atoms with Crippen molar-refractivity contribution in [3.63, 3.8) is 0 Å². The minimum absolute atomic E-state index is 0.288. The van der Waals surface area contributed by atoms with Gasteiger partial charge in [0.1, 0.15) is 12.1 Å². The number of nitrogens with zero attached hydrogens (tertiary/aromatic N) is 2.